The molecule has 0 fully saturated rings. The van der Waals surface area contributed by atoms with Crippen LogP contribution in [0.25, 0.3) is 10.4 Å². The molecule has 0 saturated carbocycles. The highest BCUT2D eigenvalue weighted by atomic mass is 35.5. The number of nitrogens with one attached hydrogen (secondary N) is 1. The fourth-order valence-electron chi connectivity index (χ4n) is 3.24. The van der Waals surface area contributed by atoms with Crippen molar-refractivity contribution in [1.29, 1.82) is 0 Å². The van der Waals surface area contributed by atoms with Crippen molar-refractivity contribution in [2.75, 3.05) is 12.4 Å². The standard InChI is InChI=1S/C22H22ClFN4O5S2/c1-28(35(32)33)18(21(31)27-14-6-7-16(24)15(23)9-14)10-17(25)22-26-11-19(34-22)13-4-2-12(3-5-13)8-20(29)30/h2-7,9,11,17-18,35H,8,10,25H2,1H3,(H,27,31)(H,29,30). The molecule has 0 spiro atoms. The predicted molar refractivity (Wildman–Crippen MR) is 132 cm³/mol. The van der Waals surface area contributed by atoms with Gasteiger partial charge in [0.2, 0.25) is 16.8 Å². The number of nitrogens with zero attached hydrogens (tertiary/aromatic N) is 2. The van der Waals surface area contributed by atoms with Gasteiger partial charge < -0.3 is 16.2 Å². The number of amides is 1. The molecular weight excluding hydrogens is 519 g/mol. The van der Waals surface area contributed by atoms with E-state index in [-0.39, 0.29) is 23.6 Å². The summed E-state index contributed by atoms with van der Waals surface area (Å²) in [4.78, 5) is 28.8. The summed E-state index contributed by atoms with van der Waals surface area (Å²) in [6.45, 7) is 0. The van der Waals surface area contributed by atoms with E-state index < -0.39 is 40.7 Å². The summed E-state index contributed by atoms with van der Waals surface area (Å²) in [6.07, 6.45) is 1.46. The maximum atomic E-state index is 13.4. The highest BCUT2D eigenvalue weighted by Gasteiger charge is 2.29. The van der Waals surface area contributed by atoms with Crippen LogP contribution in [0.1, 0.15) is 23.0 Å². The first-order valence-electron chi connectivity index (χ1n) is 10.2. The number of hydrogen-bond acceptors (Lipinski definition) is 7. The first-order valence-corrected chi connectivity index (χ1v) is 12.5. The van der Waals surface area contributed by atoms with Crippen LogP contribution in [-0.4, -0.2) is 47.8 Å². The number of nitrogens with two attached hydrogens (primary N) is 1. The molecule has 2 unspecified atom stereocenters. The lowest BCUT2D eigenvalue weighted by Gasteiger charge is -2.24. The molecule has 0 aliphatic heterocycles. The molecule has 1 aromatic heterocycles. The summed E-state index contributed by atoms with van der Waals surface area (Å²) in [5.41, 5.74) is 7.97. The maximum absolute atomic E-state index is 13.4. The van der Waals surface area contributed by atoms with Crippen LogP contribution in [0, 0.1) is 5.82 Å². The number of carboxylic acids is 1. The van der Waals surface area contributed by atoms with Gasteiger partial charge in [-0.05, 0) is 35.7 Å². The van der Waals surface area contributed by atoms with Crippen LogP contribution < -0.4 is 11.1 Å². The van der Waals surface area contributed by atoms with Gasteiger partial charge in [0, 0.05) is 18.9 Å². The zero-order valence-electron chi connectivity index (χ0n) is 18.4. The van der Waals surface area contributed by atoms with E-state index in [1.807, 2.05) is 0 Å². The topological polar surface area (TPSA) is 143 Å². The summed E-state index contributed by atoms with van der Waals surface area (Å²) in [6, 6.07) is 8.68. The quantitative estimate of drug-likeness (QED) is 0.289. The van der Waals surface area contributed by atoms with E-state index in [9.17, 15) is 22.4 Å². The zero-order valence-corrected chi connectivity index (χ0v) is 20.8. The summed E-state index contributed by atoms with van der Waals surface area (Å²) in [5, 5.41) is 11.7. The molecule has 3 rings (SSSR count). The Morgan fingerprint density at radius 1 is 1.26 bits per heavy atom. The number of aliphatic carboxylic acids is 1. The second kappa shape index (κ2) is 11.7. The Morgan fingerprint density at radius 2 is 1.94 bits per heavy atom. The largest absolute Gasteiger partial charge is 0.481 e. The van der Waals surface area contributed by atoms with Crippen molar-refractivity contribution in [3.05, 3.63) is 70.1 Å². The number of carboxylic acid groups (broad SMARTS) is 1. The summed E-state index contributed by atoms with van der Waals surface area (Å²) >= 11 is 7.03. The van der Waals surface area contributed by atoms with Gasteiger partial charge in [0.1, 0.15) is 16.9 Å². The molecule has 1 heterocycles. The molecule has 13 heteroatoms. The number of carbonyl (C=O) groups excluding carboxylic acids is 1. The molecule has 186 valence electrons. The fraction of sp³-hybridized carbons (Fsp3) is 0.227. The third kappa shape index (κ3) is 7.05. The van der Waals surface area contributed by atoms with Crippen LogP contribution in [0.2, 0.25) is 5.02 Å². The second-order valence-electron chi connectivity index (χ2n) is 7.62. The first kappa shape index (κ1) is 26.7. The number of likely N-dealkylation sites (N-methyl/N-ethyl adjacent to an activating group) is 1. The molecule has 4 N–H and O–H groups in total. The number of carbonyl (C=O) groups is 2. The van der Waals surface area contributed by atoms with Crippen LogP contribution in [-0.2, 0) is 26.9 Å². The van der Waals surface area contributed by atoms with Gasteiger partial charge >= 0.3 is 5.97 Å². The summed E-state index contributed by atoms with van der Waals surface area (Å²) in [5.74, 6) is -2.23. The van der Waals surface area contributed by atoms with Crippen LogP contribution >= 0.6 is 22.9 Å². The molecule has 0 aliphatic rings. The van der Waals surface area contributed by atoms with Crippen LogP contribution in [0.15, 0.2) is 48.7 Å². The molecule has 2 atom stereocenters. The molecule has 9 nitrogen and oxygen atoms in total. The minimum Gasteiger partial charge on any atom is -0.481 e. The van der Waals surface area contributed by atoms with Crippen molar-refractivity contribution in [3.63, 3.8) is 0 Å². The molecule has 0 bridgehead atoms. The normalized spacial score (nSPS) is 13.1. The average Bonchev–Trinajstić information content (AvgIpc) is 3.30. The summed E-state index contributed by atoms with van der Waals surface area (Å²) in [7, 11) is -1.83. The fourth-order valence-corrected chi connectivity index (χ4v) is 4.78. The molecule has 0 aliphatic carbocycles. The lowest BCUT2D eigenvalue weighted by Crippen LogP contribution is -2.43. The van der Waals surface area contributed by atoms with Gasteiger partial charge in [-0.1, -0.05) is 35.9 Å². The Kier molecular flexibility index (Phi) is 8.92. The number of hydrogen-bond donors (Lipinski definition) is 4. The molecule has 0 radical (unpaired) electrons. The molecule has 35 heavy (non-hydrogen) atoms. The van der Waals surface area contributed by atoms with E-state index in [4.69, 9.17) is 22.4 Å². The number of thiazole rings is 1. The molecule has 0 saturated heterocycles. The van der Waals surface area contributed by atoms with Gasteiger partial charge in [0.25, 0.3) is 0 Å². The highest BCUT2D eigenvalue weighted by molar-refractivity contribution is 7.69. The van der Waals surface area contributed by atoms with Crippen molar-refractivity contribution in [3.8, 4) is 10.4 Å². The van der Waals surface area contributed by atoms with Gasteiger partial charge in [-0.15, -0.1) is 11.3 Å². The second-order valence-corrected chi connectivity index (χ2v) is 10.2. The third-order valence-corrected chi connectivity index (χ3v) is 7.37. The molecule has 3 aromatic rings. The minimum atomic E-state index is -3.09. The summed E-state index contributed by atoms with van der Waals surface area (Å²) < 4.78 is 37.5. The molecular formula is C22H22ClFN4O5S2. The van der Waals surface area contributed by atoms with E-state index in [2.05, 4.69) is 10.3 Å². The first-order chi connectivity index (χ1) is 16.5. The predicted octanol–water partition coefficient (Wildman–Crippen LogP) is 3.09. The maximum Gasteiger partial charge on any atom is 0.307 e. The average molecular weight is 541 g/mol. The van der Waals surface area contributed by atoms with Crippen LogP contribution in [0.3, 0.4) is 0 Å². The van der Waals surface area contributed by atoms with E-state index >= 15 is 0 Å². The van der Waals surface area contributed by atoms with Crippen molar-refractivity contribution in [1.82, 2.24) is 9.29 Å². The van der Waals surface area contributed by atoms with E-state index in [0.29, 0.717) is 10.6 Å². The minimum absolute atomic E-state index is 0.0644. The van der Waals surface area contributed by atoms with Gasteiger partial charge in [-0.25, -0.2) is 17.8 Å². The van der Waals surface area contributed by atoms with Crippen molar-refractivity contribution < 1.29 is 27.5 Å². The van der Waals surface area contributed by atoms with Gasteiger partial charge in [0.05, 0.1) is 22.4 Å². The number of thiol groups is 1. The zero-order chi connectivity index (χ0) is 25.7. The van der Waals surface area contributed by atoms with Crippen LogP contribution in [0.5, 0.6) is 0 Å². The number of aromatic nitrogens is 1. The Morgan fingerprint density at radius 3 is 2.54 bits per heavy atom. The number of benzene rings is 2. The molecule has 2 aromatic carbocycles. The third-order valence-electron chi connectivity index (χ3n) is 5.11. The van der Waals surface area contributed by atoms with Crippen molar-refractivity contribution >= 4 is 51.4 Å². The monoisotopic (exact) mass is 540 g/mol. The van der Waals surface area contributed by atoms with Gasteiger partial charge in [-0.3, -0.25) is 9.59 Å². The Hall–Kier alpha value is -2.90. The number of anilines is 1. The van der Waals surface area contributed by atoms with Gasteiger partial charge in [0.15, 0.2) is 0 Å². The Bertz CT molecular complexity index is 1290. The SMILES string of the molecule is CN(C(CC(N)c1ncc(-c2ccc(CC(=O)O)cc2)s1)C(=O)Nc1ccc(F)c(Cl)c1)[SH](=O)=O. The van der Waals surface area contributed by atoms with Crippen molar-refractivity contribution in [2.45, 2.75) is 24.9 Å². The van der Waals surface area contributed by atoms with E-state index in [0.717, 1.165) is 20.8 Å². The van der Waals surface area contributed by atoms with Crippen molar-refractivity contribution in [2.24, 2.45) is 5.73 Å². The number of halogens is 2. The van der Waals surface area contributed by atoms with E-state index in [1.54, 1.807) is 30.5 Å². The van der Waals surface area contributed by atoms with Crippen LogP contribution in [0.4, 0.5) is 10.1 Å². The lowest BCUT2D eigenvalue weighted by atomic mass is 10.1. The molecule has 1 amide bonds. The van der Waals surface area contributed by atoms with Gasteiger partial charge in [-0.2, -0.15) is 4.31 Å². The Labute approximate surface area is 211 Å². The number of rotatable bonds is 10. The van der Waals surface area contributed by atoms with E-state index in [1.165, 1.54) is 30.5 Å². The lowest BCUT2D eigenvalue weighted by molar-refractivity contribution is -0.136. The smallest absolute Gasteiger partial charge is 0.307 e. The highest BCUT2D eigenvalue weighted by Crippen LogP contribution is 2.31. The Balaban J connectivity index is 1.75.